The van der Waals surface area contributed by atoms with Crippen molar-refractivity contribution in [2.75, 3.05) is 7.11 Å². The molecule has 1 aromatic carbocycles. The second-order valence-corrected chi connectivity index (χ2v) is 7.41. The lowest BCUT2D eigenvalue weighted by Gasteiger charge is -2.42. The monoisotopic (exact) mass is 569 g/mol. The van der Waals surface area contributed by atoms with Crippen LogP contribution in [0.2, 0.25) is 0 Å². The third kappa shape index (κ3) is 5.66. The maximum absolute atomic E-state index is 14.5. The molecule has 1 amide bonds. The Hall–Kier alpha value is -2.95. The molecule has 37 heavy (non-hydrogen) atoms. The highest BCUT2D eigenvalue weighted by Crippen LogP contribution is 2.61. The summed E-state index contributed by atoms with van der Waals surface area (Å²) in [7, 11) is 0.433. The Kier molecular flexibility index (Phi) is 9.04. The van der Waals surface area contributed by atoms with Crippen LogP contribution >= 0.6 is 0 Å². The van der Waals surface area contributed by atoms with E-state index in [1.54, 1.807) is 0 Å². The molecular weight excluding hydrogens is 553 g/mol. The van der Waals surface area contributed by atoms with Gasteiger partial charge in [-0.15, -0.1) is 0 Å². The molecule has 5 nitrogen and oxygen atoms in total. The van der Waals surface area contributed by atoms with E-state index in [0.29, 0.717) is 7.11 Å². The second-order valence-electron chi connectivity index (χ2n) is 7.41. The van der Waals surface area contributed by atoms with Crippen molar-refractivity contribution >= 4 is 12.1 Å². The molecule has 1 rings (SSSR count). The Bertz CT molecular complexity index is 951. The predicted molar refractivity (Wildman–Crippen MR) is 95.5 cm³/mol. The number of carbonyl (C=O) groups excluding carboxylic acids is 2. The van der Waals surface area contributed by atoms with Gasteiger partial charge in [0, 0.05) is 0 Å². The minimum absolute atomic E-state index is 0.191. The molecule has 0 spiro atoms. The summed E-state index contributed by atoms with van der Waals surface area (Å²) >= 11 is 0. The normalized spacial score (nSPS) is 15.5. The average Bonchev–Trinajstić information content (AvgIpc) is 2.79. The van der Waals surface area contributed by atoms with Crippen molar-refractivity contribution in [3.8, 4) is 0 Å². The number of esters is 1. The van der Waals surface area contributed by atoms with E-state index >= 15 is 0 Å². The molecule has 0 aromatic heterocycles. The van der Waals surface area contributed by atoms with Crippen LogP contribution in [0.5, 0.6) is 0 Å². The molecule has 0 aliphatic heterocycles. The fourth-order valence-electron chi connectivity index (χ4n) is 2.68. The molecular formula is C19H16F13NO4. The predicted octanol–water partition coefficient (Wildman–Crippen LogP) is 5.83. The number of methoxy groups -OCH3 is 1. The van der Waals surface area contributed by atoms with Gasteiger partial charge in [-0.1, -0.05) is 37.3 Å². The summed E-state index contributed by atoms with van der Waals surface area (Å²) in [4.78, 5) is 23.7. The van der Waals surface area contributed by atoms with Crippen LogP contribution in [0.4, 0.5) is 61.9 Å². The van der Waals surface area contributed by atoms with Crippen molar-refractivity contribution in [3.63, 3.8) is 0 Å². The Morgan fingerprint density at radius 3 is 1.68 bits per heavy atom. The lowest BCUT2D eigenvalue weighted by Crippen LogP contribution is -2.72. The summed E-state index contributed by atoms with van der Waals surface area (Å²) < 4.78 is 183. The Morgan fingerprint density at radius 1 is 0.784 bits per heavy atom. The van der Waals surface area contributed by atoms with Crippen molar-refractivity contribution in [3.05, 3.63) is 35.9 Å². The number of carbonyl (C=O) groups is 2. The van der Waals surface area contributed by atoms with Crippen LogP contribution in [-0.2, 0) is 20.9 Å². The molecule has 0 bridgehead atoms. The third-order valence-corrected chi connectivity index (χ3v) is 4.97. The Balaban J connectivity index is 3.34. The van der Waals surface area contributed by atoms with Crippen molar-refractivity contribution < 1.29 is 76.1 Å². The maximum Gasteiger partial charge on any atom is 0.460 e. The summed E-state index contributed by atoms with van der Waals surface area (Å²) in [6.45, 7) is -0.804. The van der Waals surface area contributed by atoms with Gasteiger partial charge in [-0.05, 0) is 5.56 Å². The van der Waals surface area contributed by atoms with E-state index in [0.717, 1.165) is 0 Å². The number of hydrogen-bond acceptors (Lipinski definition) is 4. The maximum atomic E-state index is 14.5. The van der Waals surface area contributed by atoms with Gasteiger partial charge in [0.1, 0.15) is 12.6 Å². The van der Waals surface area contributed by atoms with E-state index in [2.05, 4.69) is 9.47 Å². The van der Waals surface area contributed by atoms with Crippen molar-refractivity contribution in [2.45, 2.75) is 55.4 Å². The Labute approximate surface area is 198 Å². The zero-order valence-corrected chi connectivity index (χ0v) is 18.3. The third-order valence-electron chi connectivity index (χ3n) is 4.97. The number of benzene rings is 1. The number of amides is 1. The molecule has 1 aromatic rings. The van der Waals surface area contributed by atoms with Crippen molar-refractivity contribution in [1.82, 2.24) is 5.32 Å². The number of halogens is 13. The smallest absolute Gasteiger partial charge is 0.460 e. The van der Waals surface area contributed by atoms with E-state index in [4.69, 9.17) is 0 Å². The zero-order valence-electron chi connectivity index (χ0n) is 18.3. The summed E-state index contributed by atoms with van der Waals surface area (Å²) in [5.74, 6) is -44.1. The molecule has 0 aliphatic rings. The number of hydrogen-bond donors (Lipinski definition) is 1. The first-order valence-corrected chi connectivity index (χ1v) is 9.51. The van der Waals surface area contributed by atoms with Gasteiger partial charge in [-0.2, -0.15) is 57.1 Å². The fraction of sp³-hybridized carbons (Fsp3) is 0.579. The molecule has 212 valence electrons. The van der Waals surface area contributed by atoms with Crippen LogP contribution in [0.1, 0.15) is 12.5 Å². The van der Waals surface area contributed by atoms with Crippen LogP contribution in [0.25, 0.3) is 0 Å². The van der Waals surface area contributed by atoms with E-state index in [-0.39, 0.29) is 12.5 Å². The molecule has 0 saturated carbocycles. The zero-order chi connectivity index (χ0) is 29.3. The lowest BCUT2D eigenvalue weighted by atomic mass is 9.84. The number of rotatable bonds is 10. The minimum Gasteiger partial charge on any atom is -0.467 e. The molecule has 1 N–H and O–H groups in total. The van der Waals surface area contributed by atoms with Gasteiger partial charge >= 0.3 is 47.9 Å². The number of alkyl halides is 13. The molecule has 0 aliphatic carbocycles. The van der Waals surface area contributed by atoms with Crippen LogP contribution < -0.4 is 5.32 Å². The van der Waals surface area contributed by atoms with Gasteiger partial charge in [0.25, 0.3) is 0 Å². The molecule has 18 heteroatoms. The molecule has 0 saturated heterocycles. The summed E-state index contributed by atoms with van der Waals surface area (Å²) in [6.07, 6.45) is -9.37. The fourth-order valence-corrected chi connectivity index (χ4v) is 2.68. The van der Waals surface area contributed by atoms with Crippen LogP contribution in [0.3, 0.4) is 0 Å². The largest absolute Gasteiger partial charge is 0.467 e. The van der Waals surface area contributed by atoms with Crippen LogP contribution in [0.15, 0.2) is 30.3 Å². The average molecular weight is 569 g/mol. The van der Waals surface area contributed by atoms with Crippen molar-refractivity contribution in [1.29, 1.82) is 0 Å². The molecule has 0 radical (unpaired) electrons. The number of alkyl carbamates (subject to hydrolysis) is 1. The number of nitrogens with one attached hydrogen (secondary N) is 1. The standard InChI is InChI=1S/C19H16F13NO4/c1-9(11(12(34)36-2)33-13(35)37-8-10-6-4-3-5-7-10)14(20,21)15(22,23)16(24,25)17(26,27)18(28,29)19(30,31)32/h3-7,9,11H,8H2,1-2H3,(H,33,35). The van der Waals surface area contributed by atoms with Gasteiger partial charge in [-0.3, -0.25) is 0 Å². The first kappa shape index (κ1) is 32.1. The summed E-state index contributed by atoms with van der Waals surface area (Å²) in [5.41, 5.74) is 0.268. The van der Waals surface area contributed by atoms with E-state index in [1.807, 2.05) is 0 Å². The first-order valence-electron chi connectivity index (χ1n) is 9.51. The molecule has 0 heterocycles. The van der Waals surface area contributed by atoms with Crippen molar-refractivity contribution in [2.24, 2.45) is 5.92 Å². The highest BCUT2D eigenvalue weighted by molar-refractivity contribution is 5.81. The summed E-state index contributed by atoms with van der Waals surface area (Å²) in [5, 5.41) is 1.25. The minimum atomic E-state index is -8.10. The van der Waals surface area contributed by atoms with Crippen LogP contribution in [-0.4, -0.2) is 61.0 Å². The first-order chi connectivity index (χ1) is 16.5. The van der Waals surface area contributed by atoms with E-state index < -0.39 is 66.4 Å². The van der Waals surface area contributed by atoms with E-state index in [9.17, 15) is 66.7 Å². The topological polar surface area (TPSA) is 64.6 Å². The Morgan fingerprint density at radius 2 is 1.24 bits per heavy atom. The van der Waals surface area contributed by atoms with Gasteiger partial charge in [0.05, 0.1) is 13.0 Å². The van der Waals surface area contributed by atoms with Gasteiger partial charge in [-0.25, -0.2) is 9.59 Å². The SMILES string of the molecule is COC(=O)C(NC(=O)OCc1ccccc1)C(C)C(F)(F)C(F)(F)C(F)(F)C(F)(F)C(F)(F)C(F)(F)F. The van der Waals surface area contributed by atoms with Gasteiger partial charge in [0.15, 0.2) is 0 Å². The summed E-state index contributed by atoms with van der Waals surface area (Å²) in [6, 6.07) is 4.13. The highest BCUT2D eigenvalue weighted by Gasteiger charge is 2.91. The molecule has 2 unspecified atom stereocenters. The van der Waals surface area contributed by atoms with Gasteiger partial charge in [0.2, 0.25) is 0 Å². The van der Waals surface area contributed by atoms with Gasteiger partial charge < -0.3 is 14.8 Å². The van der Waals surface area contributed by atoms with Crippen LogP contribution in [0, 0.1) is 5.92 Å². The lowest BCUT2D eigenvalue weighted by molar-refractivity contribution is -0.443. The van der Waals surface area contributed by atoms with E-state index in [1.165, 1.54) is 35.6 Å². The highest BCUT2D eigenvalue weighted by atomic mass is 19.4. The quantitative estimate of drug-likeness (QED) is 0.285. The number of ether oxygens (including phenoxy) is 2. The molecule has 2 atom stereocenters. The second kappa shape index (κ2) is 10.4. The molecule has 0 fully saturated rings.